The van der Waals surface area contributed by atoms with Crippen molar-refractivity contribution in [3.05, 3.63) is 29.6 Å². The van der Waals surface area contributed by atoms with E-state index in [2.05, 4.69) is 9.97 Å². The summed E-state index contributed by atoms with van der Waals surface area (Å²) in [5.41, 5.74) is 4.86. The molecule has 0 spiro atoms. The van der Waals surface area contributed by atoms with Crippen LogP contribution in [0.5, 0.6) is 0 Å². The molecule has 1 atom stereocenters. The van der Waals surface area contributed by atoms with Gasteiger partial charge < -0.3 is 20.5 Å². The Bertz CT molecular complexity index is 763. The van der Waals surface area contributed by atoms with Crippen molar-refractivity contribution in [2.45, 2.75) is 45.2 Å². The number of hydrogen-bond donors (Lipinski definition) is 4. The summed E-state index contributed by atoms with van der Waals surface area (Å²) in [6.45, 7) is 3.80. The lowest BCUT2D eigenvalue weighted by Gasteiger charge is -2.15. The summed E-state index contributed by atoms with van der Waals surface area (Å²) in [5.74, 6) is -0.639. The minimum Gasteiger partial charge on any atom is -0.369 e. The van der Waals surface area contributed by atoms with E-state index in [4.69, 9.17) is 15.5 Å². The van der Waals surface area contributed by atoms with E-state index >= 15 is 0 Å². The fourth-order valence-electron chi connectivity index (χ4n) is 2.53. The lowest BCUT2D eigenvalue weighted by Crippen LogP contribution is -2.28. The van der Waals surface area contributed by atoms with Crippen molar-refractivity contribution in [2.75, 3.05) is 0 Å². The molecule has 26 heavy (non-hydrogen) atoms. The Morgan fingerprint density at radius 1 is 1.38 bits per heavy atom. The van der Waals surface area contributed by atoms with Crippen LogP contribution in [0.3, 0.4) is 0 Å². The number of carbonyl (C=O) groups is 1. The fourth-order valence-corrected chi connectivity index (χ4v) is 3.37. The third-order valence-corrected chi connectivity index (χ3v) is 5.10. The SMILES string of the molecule is CC(C)CC(C(N)=O)P(O)O.Fc1ccc2[nH]c(CC3CC3)nc2c1F. The van der Waals surface area contributed by atoms with Gasteiger partial charge in [0.25, 0.3) is 0 Å². The van der Waals surface area contributed by atoms with Crippen molar-refractivity contribution in [1.82, 2.24) is 9.97 Å². The van der Waals surface area contributed by atoms with E-state index < -0.39 is 31.6 Å². The summed E-state index contributed by atoms with van der Waals surface area (Å²) in [4.78, 5) is 35.2. The van der Waals surface area contributed by atoms with Crippen molar-refractivity contribution in [3.8, 4) is 0 Å². The lowest BCUT2D eigenvalue weighted by molar-refractivity contribution is -0.118. The van der Waals surface area contributed by atoms with Gasteiger partial charge in [-0.15, -0.1) is 0 Å². The first-order valence-corrected chi connectivity index (χ1v) is 9.79. The van der Waals surface area contributed by atoms with E-state index in [-0.39, 0.29) is 11.4 Å². The molecule has 1 amide bonds. The Morgan fingerprint density at radius 3 is 2.50 bits per heavy atom. The number of nitrogens with zero attached hydrogens (tertiary/aromatic N) is 1. The molecule has 0 radical (unpaired) electrons. The quantitative estimate of drug-likeness (QED) is 0.571. The van der Waals surface area contributed by atoms with Gasteiger partial charge in [-0.2, -0.15) is 0 Å². The summed E-state index contributed by atoms with van der Waals surface area (Å²) in [6, 6.07) is 2.65. The first kappa shape index (κ1) is 20.7. The Balaban J connectivity index is 0.000000199. The zero-order chi connectivity index (χ0) is 19.4. The molecular weight excluding hydrogens is 363 g/mol. The van der Waals surface area contributed by atoms with Crippen LogP contribution in [0.4, 0.5) is 8.78 Å². The van der Waals surface area contributed by atoms with Gasteiger partial charge in [-0.25, -0.2) is 13.8 Å². The number of nitrogens with two attached hydrogens (primary N) is 1. The van der Waals surface area contributed by atoms with Crippen molar-refractivity contribution >= 4 is 25.3 Å². The van der Waals surface area contributed by atoms with Gasteiger partial charge in [0, 0.05) is 6.42 Å². The first-order valence-electron chi connectivity index (χ1n) is 8.48. The average Bonchev–Trinajstić information content (AvgIpc) is 3.26. The molecule has 1 unspecified atom stereocenters. The van der Waals surface area contributed by atoms with E-state index in [0.29, 0.717) is 17.9 Å². The molecule has 5 N–H and O–H groups in total. The highest BCUT2D eigenvalue weighted by Gasteiger charge is 2.25. The number of fused-ring (bicyclic) bond motifs is 1. The maximum absolute atomic E-state index is 13.3. The monoisotopic (exact) mass is 387 g/mol. The number of halogens is 2. The number of nitrogens with one attached hydrogen (secondary N) is 1. The molecular formula is C17H24F2N3O3P. The number of amides is 1. The molecule has 1 aromatic heterocycles. The highest BCUT2D eigenvalue weighted by atomic mass is 31.2. The van der Waals surface area contributed by atoms with Crippen molar-refractivity contribution in [3.63, 3.8) is 0 Å². The van der Waals surface area contributed by atoms with Gasteiger partial charge in [-0.3, -0.25) is 4.79 Å². The second-order valence-corrected chi connectivity index (χ2v) is 8.22. The molecule has 1 aromatic carbocycles. The Morgan fingerprint density at radius 2 is 2.04 bits per heavy atom. The molecule has 1 heterocycles. The average molecular weight is 387 g/mol. The summed E-state index contributed by atoms with van der Waals surface area (Å²) in [6.07, 6.45) is 3.71. The van der Waals surface area contributed by atoms with Crippen molar-refractivity contribution in [2.24, 2.45) is 17.6 Å². The second kappa shape index (κ2) is 8.84. The summed E-state index contributed by atoms with van der Waals surface area (Å²) < 4.78 is 26.2. The van der Waals surface area contributed by atoms with Gasteiger partial charge >= 0.3 is 0 Å². The summed E-state index contributed by atoms with van der Waals surface area (Å²) >= 11 is 0. The van der Waals surface area contributed by atoms with Crippen LogP contribution in [-0.4, -0.2) is 31.3 Å². The maximum atomic E-state index is 13.3. The Kier molecular flexibility index (Phi) is 7.03. The topological polar surface area (TPSA) is 112 Å². The highest BCUT2D eigenvalue weighted by Crippen LogP contribution is 2.34. The van der Waals surface area contributed by atoms with E-state index in [1.807, 2.05) is 13.8 Å². The minimum atomic E-state index is -2.21. The van der Waals surface area contributed by atoms with Crippen molar-refractivity contribution < 1.29 is 23.4 Å². The van der Waals surface area contributed by atoms with Gasteiger partial charge in [0.15, 0.2) is 20.0 Å². The normalized spacial score (nSPS) is 15.2. The van der Waals surface area contributed by atoms with E-state index in [1.165, 1.54) is 18.9 Å². The zero-order valence-electron chi connectivity index (χ0n) is 14.7. The van der Waals surface area contributed by atoms with Crippen molar-refractivity contribution in [1.29, 1.82) is 0 Å². The predicted molar refractivity (Wildman–Crippen MR) is 96.2 cm³/mol. The molecule has 1 fully saturated rings. The Labute approximate surface area is 151 Å². The van der Waals surface area contributed by atoms with Gasteiger partial charge in [-0.05, 0) is 43.2 Å². The standard InChI is InChI=1S/C11H10F2N2.C6H14NO3P/c12-7-3-4-8-11(10(7)13)15-9(14-8)5-6-1-2-6;1-4(2)3-5(6(7)8)11(9)10/h3-4,6H,1-2,5H2,(H,14,15);4-5,9-10H,3H2,1-2H3,(H2,7,8). The number of rotatable bonds is 6. The van der Waals surface area contributed by atoms with Crippen LogP contribution in [0.1, 0.15) is 38.9 Å². The third kappa shape index (κ3) is 5.69. The molecule has 3 rings (SSSR count). The summed E-state index contributed by atoms with van der Waals surface area (Å²) in [7, 11) is -2.21. The number of benzene rings is 1. The number of imidazole rings is 1. The van der Waals surface area contributed by atoms with Crippen LogP contribution in [0, 0.1) is 23.5 Å². The van der Waals surface area contributed by atoms with Gasteiger partial charge in [0.1, 0.15) is 17.0 Å². The minimum absolute atomic E-state index is 0.116. The predicted octanol–water partition coefficient (Wildman–Crippen LogP) is 2.98. The van der Waals surface area contributed by atoms with Crippen LogP contribution < -0.4 is 5.73 Å². The molecule has 1 aliphatic rings. The molecule has 0 saturated heterocycles. The number of carbonyl (C=O) groups excluding carboxylic acids is 1. The molecule has 144 valence electrons. The molecule has 0 bridgehead atoms. The fraction of sp³-hybridized carbons (Fsp3) is 0.529. The molecule has 1 aliphatic carbocycles. The van der Waals surface area contributed by atoms with E-state index in [9.17, 15) is 13.6 Å². The van der Waals surface area contributed by atoms with Crippen LogP contribution in [0.15, 0.2) is 12.1 Å². The van der Waals surface area contributed by atoms with Gasteiger partial charge in [-0.1, -0.05) is 13.8 Å². The van der Waals surface area contributed by atoms with Crippen LogP contribution in [0.25, 0.3) is 11.0 Å². The molecule has 6 nitrogen and oxygen atoms in total. The third-order valence-electron chi connectivity index (χ3n) is 4.08. The number of aromatic nitrogens is 2. The van der Waals surface area contributed by atoms with E-state index in [0.717, 1.165) is 18.3 Å². The number of aromatic amines is 1. The zero-order valence-corrected chi connectivity index (χ0v) is 15.6. The van der Waals surface area contributed by atoms with Crippen LogP contribution >= 0.6 is 8.38 Å². The van der Waals surface area contributed by atoms with Crippen LogP contribution in [-0.2, 0) is 11.2 Å². The molecule has 0 aliphatic heterocycles. The molecule has 1 saturated carbocycles. The molecule has 9 heteroatoms. The second-order valence-electron chi connectivity index (χ2n) is 6.96. The van der Waals surface area contributed by atoms with Gasteiger partial charge in [0.2, 0.25) is 5.91 Å². The molecule has 2 aromatic rings. The lowest BCUT2D eigenvalue weighted by atomic mass is 10.1. The largest absolute Gasteiger partial charge is 0.369 e. The first-order chi connectivity index (χ1) is 12.2. The Hall–Kier alpha value is -1.63. The number of hydrogen-bond acceptors (Lipinski definition) is 4. The van der Waals surface area contributed by atoms with Crippen LogP contribution in [0.2, 0.25) is 0 Å². The van der Waals surface area contributed by atoms with E-state index in [1.54, 1.807) is 0 Å². The highest BCUT2D eigenvalue weighted by molar-refractivity contribution is 7.47. The number of primary amides is 1. The maximum Gasteiger partial charge on any atom is 0.229 e. The number of H-pyrrole nitrogens is 1. The summed E-state index contributed by atoms with van der Waals surface area (Å²) in [5, 5.41) is 0. The van der Waals surface area contributed by atoms with Gasteiger partial charge in [0.05, 0.1) is 5.52 Å². The smallest absolute Gasteiger partial charge is 0.229 e.